The fraction of sp³-hybridized carbons (Fsp3) is 0.750. The summed E-state index contributed by atoms with van der Waals surface area (Å²) in [7, 11) is 0. The summed E-state index contributed by atoms with van der Waals surface area (Å²) in [4.78, 5) is 21.2. The van der Waals surface area contributed by atoms with Gasteiger partial charge in [-0.2, -0.15) is 0 Å². The van der Waals surface area contributed by atoms with Crippen molar-refractivity contribution in [3.05, 3.63) is 0 Å². The second kappa shape index (κ2) is 7.11. The molecule has 0 aromatic carbocycles. The minimum absolute atomic E-state index is 0.00151. The predicted octanol–water partition coefficient (Wildman–Crippen LogP) is 1.18. The van der Waals surface area contributed by atoms with E-state index in [0.717, 1.165) is 6.42 Å². The van der Waals surface area contributed by atoms with E-state index in [1.54, 1.807) is 0 Å². The molecule has 0 aliphatic carbocycles. The molecule has 1 atom stereocenters. The number of aliphatic carboxylic acids is 1. The number of carboxylic acid groups (broad SMARTS) is 1. The summed E-state index contributed by atoms with van der Waals surface area (Å²) in [5, 5.41) is 11.2. The molecule has 0 bridgehead atoms. The number of halogens is 1. The predicted molar refractivity (Wildman–Crippen MR) is 58.0 cm³/mol. The van der Waals surface area contributed by atoms with Crippen LogP contribution in [0.15, 0.2) is 0 Å². The largest absolute Gasteiger partial charge is 0.481 e. The summed E-state index contributed by atoms with van der Waals surface area (Å²) in [6.07, 6.45) is 1.39. The summed E-state index contributed by atoms with van der Waals surface area (Å²) in [5.41, 5.74) is 0. The van der Waals surface area contributed by atoms with Gasteiger partial charge in [0.15, 0.2) is 0 Å². The Balaban J connectivity index is 3.75. The average Bonchev–Trinajstić information content (AvgIpc) is 2.11. The van der Waals surface area contributed by atoms with Gasteiger partial charge in [0.1, 0.15) is 0 Å². The molecule has 4 nitrogen and oxygen atoms in total. The van der Waals surface area contributed by atoms with E-state index in [1.807, 2.05) is 29.5 Å². The van der Waals surface area contributed by atoms with Crippen LogP contribution in [0.5, 0.6) is 0 Å². The molecule has 76 valence electrons. The van der Waals surface area contributed by atoms with E-state index >= 15 is 0 Å². The van der Waals surface area contributed by atoms with Gasteiger partial charge in [-0.1, -0.05) is 29.5 Å². The second-order valence-corrected chi connectivity index (χ2v) is 3.50. The van der Waals surface area contributed by atoms with Crippen molar-refractivity contribution >= 4 is 34.5 Å². The third kappa shape index (κ3) is 6.80. The van der Waals surface area contributed by atoms with E-state index < -0.39 is 5.97 Å². The van der Waals surface area contributed by atoms with Gasteiger partial charge in [-0.25, -0.2) is 0 Å². The van der Waals surface area contributed by atoms with Crippen LogP contribution in [0.3, 0.4) is 0 Å². The van der Waals surface area contributed by atoms with E-state index in [9.17, 15) is 9.59 Å². The topological polar surface area (TPSA) is 66.4 Å². The SMILES string of the molecule is CCC(CCC(=O)O)NC(=O)CI. The first-order valence-electron chi connectivity index (χ1n) is 4.17. The maximum atomic E-state index is 11.0. The van der Waals surface area contributed by atoms with Gasteiger partial charge in [-0.15, -0.1) is 0 Å². The first kappa shape index (κ1) is 12.7. The maximum Gasteiger partial charge on any atom is 0.303 e. The molecule has 0 spiro atoms. The highest BCUT2D eigenvalue weighted by molar-refractivity contribution is 14.1. The molecular weight excluding hydrogens is 285 g/mol. The maximum absolute atomic E-state index is 11.0. The van der Waals surface area contributed by atoms with E-state index in [1.165, 1.54) is 0 Å². The molecule has 0 saturated carbocycles. The summed E-state index contributed by atoms with van der Waals surface area (Å²) < 4.78 is 0.418. The molecule has 0 aliphatic heterocycles. The van der Waals surface area contributed by atoms with Crippen LogP contribution >= 0.6 is 22.6 Å². The molecule has 0 aliphatic rings. The third-order valence-electron chi connectivity index (χ3n) is 1.69. The van der Waals surface area contributed by atoms with Crippen LogP contribution in [0.25, 0.3) is 0 Å². The minimum atomic E-state index is -0.817. The van der Waals surface area contributed by atoms with Crippen LogP contribution < -0.4 is 5.32 Å². The van der Waals surface area contributed by atoms with Crippen molar-refractivity contribution in [1.82, 2.24) is 5.32 Å². The van der Waals surface area contributed by atoms with E-state index in [0.29, 0.717) is 10.8 Å². The van der Waals surface area contributed by atoms with Crippen molar-refractivity contribution in [2.24, 2.45) is 0 Å². The standard InChI is InChI=1S/C8H14INO3/c1-2-6(3-4-8(12)13)10-7(11)5-9/h6H,2-5H2,1H3,(H,10,11)(H,12,13). The van der Waals surface area contributed by atoms with E-state index in [4.69, 9.17) is 5.11 Å². The Morgan fingerprint density at radius 3 is 2.54 bits per heavy atom. The number of hydrogen-bond acceptors (Lipinski definition) is 2. The molecule has 2 N–H and O–H groups in total. The minimum Gasteiger partial charge on any atom is -0.481 e. The van der Waals surface area contributed by atoms with Crippen molar-refractivity contribution in [2.45, 2.75) is 32.2 Å². The lowest BCUT2D eigenvalue weighted by molar-refractivity contribution is -0.137. The van der Waals surface area contributed by atoms with Gasteiger partial charge in [0.25, 0.3) is 0 Å². The van der Waals surface area contributed by atoms with Crippen molar-refractivity contribution in [3.63, 3.8) is 0 Å². The molecule has 13 heavy (non-hydrogen) atoms. The van der Waals surface area contributed by atoms with Crippen LogP contribution in [-0.2, 0) is 9.59 Å². The van der Waals surface area contributed by atoms with Gasteiger partial charge in [0.05, 0.1) is 4.43 Å². The molecule has 0 fully saturated rings. The molecule has 0 heterocycles. The number of carboxylic acids is 1. The van der Waals surface area contributed by atoms with Crippen LogP contribution in [0.2, 0.25) is 0 Å². The van der Waals surface area contributed by atoms with Gasteiger partial charge < -0.3 is 10.4 Å². The zero-order valence-electron chi connectivity index (χ0n) is 7.55. The number of nitrogens with one attached hydrogen (secondary N) is 1. The number of amides is 1. The van der Waals surface area contributed by atoms with Gasteiger partial charge in [-0.3, -0.25) is 9.59 Å². The lowest BCUT2D eigenvalue weighted by atomic mass is 10.1. The Hall–Kier alpha value is -0.330. The molecule has 1 amide bonds. The molecule has 0 radical (unpaired) electrons. The number of alkyl halides is 1. The fourth-order valence-electron chi connectivity index (χ4n) is 0.942. The van der Waals surface area contributed by atoms with Gasteiger partial charge >= 0.3 is 5.97 Å². The normalized spacial score (nSPS) is 12.2. The fourth-order valence-corrected chi connectivity index (χ4v) is 1.16. The van der Waals surface area contributed by atoms with E-state index in [-0.39, 0.29) is 18.4 Å². The molecule has 0 aromatic rings. The second-order valence-electron chi connectivity index (χ2n) is 2.74. The van der Waals surface area contributed by atoms with Crippen LogP contribution in [-0.4, -0.2) is 27.5 Å². The average molecular weight is 299 g/mol. The zero-order chi connectivity index (χ0) is 10.3. The van der Waals surface area contributed by atoms with Crippen molar-refractivity contribution in [3.8, 4) is 0 Å². The van der Waals surface area contributed by atoms with Gasteiger partial charge in [0, 0.05) is 12.5 Å². The zero-order valence-corrected chi connectivity index (χ0v) is 9.70. The number of hydrogen-bond donors (Lipinski definition) is 2. The Bertz CT molecular complexity index is 184. The molecule has 1 unspecified atom stereocenters. The summed E-state index contributed by atoms with van der Waals surface area (Å²) in [5.74, 6) is -0.847. The van der Waals surface area contributed by atoms with Gasteiger partial charge in [-0.05, 0) is 12.8 Å². The van der Waals surface area contributed by atoms with Crippen LogP contribution in [0.1, 0.15) is 26.2 Å². The quantitative estimate of drug-likeness (QED) is 0.572. The highest BCUT2D eigenvalue weighted by Crippen LogP contribution is 2.01. The molecule has 5 heteroatoms. The molecule has 0 aromatic heterocycles. The molecule has 0 rings (SSSR count). The summed E-state index contributed by atoms with van der Waals surface area (Å²) >= 11 is 1.98. The number of carbonyl (C=O) groups excluding carboxylic acids is 1. The van der Waals surface area contributed by atoms with Crippen LogP contribution in [0.4, 0.5) is 0 Å². The Morgan fingerprint density at radius 1 is 1.54 bits per heavy atom. The van der Waals surface area contributed by atoms with Gasteiger partial charge in [0.2, 0.25) is 5.91 Å². The molecule has 0 saturated heterocycles. The smallest absolute Gasteiger partial charge is 0.303 e. The Labute approximate surface area is 91.2 Å². The van der Waals surface area contributed by atoms with Crippen LogP contribution in [0, 0.1) is 0 Å². The number of carbonyl (C=O) groups is 2. The van der Waals surface area contributed by atoms with E-state index in [2.05, 4.69) is 5.32 Å². The number of rotatable bonds is 6. The Kier molecular flexibility index (Phi) is 6.93. The Morgan fingerprint density at radius 2 is 2.15 bits per heavy atom. The highest BCUT2D eigenvalue weighted by atomic mass is 127. The lowest BCUT2D eigenvalue weighted by Gasteiger charge is -2.14. The van der Waals surface area contributed by atoms with Crippen molar-refractivity contribution in [2.75, 3.05) is 4.43 Å². The first-order chi connectivity index (χ1) is 6.10. The highest BCUT2D eigenvalue weighted by Gasteiger charge is 2.10. The monoisotopic (exact) mass is 299 g/mol. The lowest BCUT2D eigenvalue weighted by Crippen LogP contribution is -2.35. The first-order valence-corrected chi connectivity index (χ1v) is 5.69. The summed E-state index contributed by atoms with van der Waals surface area (Å²) in [6, 6.07) is -0.00151. The molecular formula is C8H14INO3. The summed E-state index contributed by atoms with van der Waals surface area (Å²) in [6.45, 7) is 1.93. The van der Waals surface area contributed by atoms with Crippen molar-refractivity contribution in [1.29, 1.82) is 0 Å². The van der Waals surface area contributed by atoms with Crippen molar-refractivity contribution < 1.29 is 14.7 Å². The third-order valence-corrected chi connectivity index (χ3v) is 2.38.